The zero-order valence-electron chi connectivity index (χ0n) is 16.5. The van der Waals surface area contributed by atoms with Crippen LogP contribution in [0.15, 0.2) is 24.3 Å². The van der Waals surface area contributed by atoms with Crippen LogP contribution < -0.4 is 16.0 Å². The maximum atomic E-state index is 12.8. The lowest BCUT2D eigenvalue weighted by molar-refractivity contribution is -0.132. The Labute approximate surface area is 156 Å². The zero-order valence-corrected chi connectivity index (χ0v) is 16.5. The van der Waals surface area contributed by atoms with E-state index in [1.165, 1.54) is 5.56 Å². The van der Waals surface area contributed by atoms with Gasteiger partial charge in [0, 0.05) is 0 Å². The lowest BCUT2D eigenvalue weighted by Crippen LogP contribution is -2.60. The molecule has 1 aromatic carbocycles. The molecule has 0 aromatic heterocycles. The van der Waals surface area contributed by atoms with Gasteiger partial charge in [-0.3, -0.25) is 14.9 Å². The Hall–Kier alpha value is -1.88. The van der Waals surface area contributed by atoms with E-state index in [4.69, 9.17) is 0 Å². The van der Waals surface area contributed by atoms with Crippen molar-refractivity contribution in [1.82, 2.24) is 16.0 Å². The Bertz CT molecular complexity index is 686. The van der Waals surface area contributed by atoms with Gasteiger partial charge in [0.15, 0.2) is 0 Å². The van der Waals surface area contributed by atoms with Crippen molar-refractivity contribution in [3.05, 3.63) is 35.4 Å². The largest absolute Gasteiger partial charge is 0.347 e. The fraction of sp³-hybridized carbons (Fsp3) is 0.619. The van der Waals surface area contributed by atoms with E-state index in [1.54, 1.807) is 0 Å². The lowest BCUT2D eigenvalue weighted by Gasteiger charge is -2.32. The molecular formula is C21H31N3O2. The summed E-state index contributed by atoms with van der Waals surface area (Å²) in [6, 6.07) is 8.10. The topological polar surface area (TPSA) is 70.2 Å². The van der Waals surface area contributed by atoms with E-state index in [0.29, 0.717) is 0 Å². The summed E-state index contributed by atoms with van der Waals surface area (Å²) < 4.78 is 0. The molecule has 2 aliphatic rings. The minimum Gasteiger partial charge on any atom is -0.347 e. The van der Waals surface area contributed by atoms with Crippen molar-refractivity contribution < 1.29 is 9.59 Å². The van der Waals surface area contributed by atoms with E-state index >= 15 is 0 Å². The SMILES string of the molecule is CC1NC(=O)CC(C(=O)N[C@@H](c2ccc(C(C)(C)C)cc2)C2(C)CC2)N1. The first-order valence-electron chi connectivity index (χ1n) is 9.55. The fourth-order valence-corrected chi connectivity index (χ4v) is 3.62. The second kappa shape index (κ2) is 6.69. The molecule has 5 heteroatoms. The Kier molecular flexibility index (Phi) is 4.86. The molecule has 1 aliphatic heterocycles. The van der Waals surface area contributed by atoms with Crippen molar-refractivity contribution in [3.63, 3.8) is 0 Å². The van der Waals surface area contributed by atoms with Gasteiger partial charge in [-0.15, -0.1) is 0 Å². The highest BCUT2D eigenvalue weighted by molar-refractivity contribution is 5.89. The Morgan fingerprint density at radius 3 is 2.35 bits per heavy atom. The number of carbonyl (C=O) groups is 2. The minimum absolute atomic E-state index is 0.0221. The van der Waals surface area contributed by atoms with E-state index in [2.05, 4.69) is 67.9 Å². The van der Waals surface area contributed by atoms with Crippen LogP contribution in [0.25, 0.3) is 0 Å². The summed E-state index contributed by atoms with van der Waals surface area (Å²) in [5.74, 6) is -0.176. The molecule has 1 aromatic rings. The summed E-state index contributed by atoms with van der Waals surface area (Å²) in [5.41, 5.74) is 2.63. The monoisotopic (exact) mass is 357 g/mol. The van der Waals surface area contributed by atoms with E-state index in [1.807, 2.05) is 6.92 Å². The van der Waals surface area contributed by atoms with Gasteiger partial charge < -0.3 is 10.6 Å². The molecule has 142 valence electrons. The highest BCUT2D eigenvalue weighted by Gasteiger charge is 2.47. The molecule has 5 nitrogen and oxygen atoms in total. The molecule has 2 unspecified atom stereocenters. The van der Waals surface area contributed by atoms with Crippen molar-refractivity contribution in [1.29, 1.82) is 0 Å². The van der Waals surface area contributed by atoms with Gasteiger partial charge in [0.05, 0.1) is 24.7 Å². The highest BCUT2D eigenvalue weighted by atomic mass is 16.2. The molecule has 3 rings (SSSR count). The molecule has 1 saturated carbocycles. The van der Waals surface area contributed by atoms with Crippen molar-refractivity contribution in [2.24, 2.45) is 5.41 Å². The van der Waals surface area contributed by atoms with E-state index in [-0.39, 0.29) is 41.3 Å². The van der Waals surface area contributed by atoms with Crippen LogP contribution >= 0.6 is 0 Å². The number of benzene rings is 1. The zero-order chi connectivity index (χ0) is 19.1. The highest BCUT2D eigenvalue weighted by Crippen LogP contribution is 2.54. The maximum Gasteiger partial charge on any atom is 0.238 e. The first-order valence-corrected chi connectivity index (χ1v) is 9.55. The van der Waals surface area contributed by atoms with Crippen LogP contribution in [-0.2, 0) is 15.0 Å². The van der Waals surface area contributed by atoms with Gasteiger partial charge in [-0.25, -0.2) is 0 Å². The molecule has 0 bridgehead atoms. The molecule has 0 radical (unpaired) electrons. The van der Waals surface area contributed by atoms with Crippen LogP contribution in [0.4, 0.5) is 0 Å². The number of hydrogen-bond acceptors (Lipinski definition) is 3. The summed E-state index contributed by atoms with van der Waals surface area (Å²) in [6.07, 6.45) is 2.21. The van der Waals surface area contributed by atoms with Crippen LogP contribution in [-0.4, -0.2) is 24.0 Å². The van der Waals surface area contributed by atoms with Gasteiger partial charge in [0.25, 0.3) is 0 Å². The maximum absolute atomic E-state index is 12.8. The number of rotatable bonds is 4. The first kappa shape index (κ1) is 18.9. The van der Waals surface area contributed by atoms with Crippen LogP contribution in [0.3, 0.4) is 0 Å². The van der Waals surface area contributed by atoms with Gasteiger partial charge in [0.1, 0.15) is 0 Å². The summed E-state index contributed by atoms with van der Waals surface area (Å²) in [7, 11) is 0. The summed E-state index contributed by atoms with van der Waals surface area (Å²) in [4.78, 5) is 24.6. The molecule has 2 fully saturated rings. The quantitative estimate of drug-likeness (QED) is 0.776. The average Bonchev–Trinajstić information content (AvgIpc) is 3.29. The Morgan fingerprint density at radius 1 is 1.23 bits per heavy atom. The van der Waals surface area contributed by atoms with Gasteiger partial charge in [-0.2, -0.15) is 0 Å². The molecule has 3 atom stereocenters. The second-order valence-corrected chi connectivity index (χ2v) is 9.18. The fourth-order valence-electron chi connectivity index (χ4n) is 3.62. The van der Waals surface area contributed by atoms with Gasteiger partial charge in [0.2, 0.25) is 11.8 Å². The molecule has 2 amide bonds. The number of hydrogen-bond donors (Lipinski definition) is 3. The Balaban J connectivity index is 1.77. The van der Waals surface area contributed by atoms with Gasteiger partial charge >= 0.3 is 0 Å². The predicted molar refractivity (Wildman–Crippen MR) is 103 cm³/mol. The van der Waals surface area contributed by atoms with E-state index < -0.39 is 6.04 Å². The normalized spacial score (nSPS) is 26.0. The van der Waals surface area contributed by atoms with Crippen molar-refractivity contribution in [2.45, 2.75) is 77.5 Å². The van der Waals surface area contributed by atoms with Crippen molar-refractivity contribution in [3.8, 4) is 0 Å². The van der Waals surface area contributed by atoms with Crippen molar-refractivity contribution >= 4 is 11.8 Å². The smallest absolute Gasteiger partial charge is 0.238 e. The second-order valence-electron chi connectivity index (χ2n) is 9.18. The van der Waals surface area contributed by atoms with Crippen LogP contribution in [0, 0.1) is 5.41 Å². The molecule has 26 heavy (non-hydrogen) atoms. The third kappa shape index (κ3) is 4.09. The summed E-state index contributed by atoms with van der Waals surface area (Å²) in [6.45, 7) is 10.7. The van der Waals surface area contributed by atoms with Gasteiger partial charge in [-0.1, -0.05) is 52.0 Å². The van der Waals surface area contributed by atoms with Crippen LogP contribution in [0.5, 0.6) is 0 Å². The van der Waals surface area contributed by atoms with Crippen molar-refractivity contribution in [2.75, 3.05) is 0 Å². The van der Waals surface area contributed by atoms with Crippen LogP contribution in [0.1, 0.15) is 71.0 Å². The molecule has 1 aliphatic carbocycles. The number of nitrogens with one attached hydrogen (secondary N) is 3. The third-order valence-corrected chi connectivity index (χ3v) is 5.67. The standard InChI is InChI=1S/C21H31N3O2/c1-13-22-16(12-17(25)23-13)19(26)24-18(21(5)10-11-21)14-6-8-15(9-7-14)20(2,3)4/h6-9,13,16,18,22H,10-12H2,1-5H3,(H,23,25)(H,24,26)/t13?,16?,18-/m0/s1. The third-order valence-electron chi connectivity index (χ3n) is 5.67. The summed E-state index contributed by atoms with van der Waals surface area (Å²) >= 11 is 0. The average molecular weight is 357 g/mol. The molecule has 1 saturated heterocycles. The molecule has 1 heterocycles. The van der Waals surface area contributed by atoms with E-state index in [9.17, 15) is 9.59 Å². The minimum atomic E-state index is -0.475. The Morgan fingerprint density at radius 2 is 1.85 bits per heavy atom. The van der Waals surface area contributed by atoms with E-state index in [0.717, 1.165) is 18.4 Å². The number of carbonyl (C=O) groups excluding carboxylic acids is 2. The molecular weight excluding hydrogens is 326 g/mol. The van der Waals surface area contributed by atoms with Crippen LogP contribution in [0.2, 0.25) is 0 Å². The lowest BCUT2D eigenvalue weighted by atomic mass is 9.84. The molecule has 0 spiro atoms. The van der Waals surface area contributed by atoms with Gasteiger partial charge in [-0.05, 0) is 41.7 Å². The predicted octanol–water partition coefficient (Wildman–Crippen LogP) is 2.77. The summed E-state index contributed by atoms with van der Waals surface area (Å²) in [5, 5.41) is 9.17. The first-order chi connectivity index (χ1) is 12.1. The number of amides is 2. The molecule has 3 N–H and O–H groups in total.